The molecule has 3 rings (SSSR count). The number of anilines is 1. The summed E-state index contributed by atoms with van der Waals surface area (Å²) in [6.45, 7) is 0. The molecular formula is C16H14BrNO. The number of nitrogens with zero attached hydrogens (tertiary/aromatic N) is 1. The summed E-state index contributed by atoms with van der Waals surface area (Å²) in [5, 5.41) is 0. The Labute approximate surface area is 121 Å². The topological polar surface area (TPSA) is 20.3 Å². The number of hydrogen-bond donors (Lipinski definition) is 0. The van der Waals surface area contributed by atoms with Crippen molar-refractivity contribution in [3.05, 3.63) is 64.1 Å². The maximum atomic E-state index is 12.4. The number of benzene rings is 2. The van der Waals surface area contributed by atoms with Gasteiger partial charge in [0.25, 0.3) is 0 Å². The van der Waals surface area contributed by atoms with Crippen molar-refractivity contribution >= 4 is 27.5 Å². The summed E-state index contributed by atoms with van der Waals surface area (Å²) in [6.07, 6.45) is 0.757. The molecule has 1 aliphatic rings. The van der Waals surface area contributed by atoms with Gasteiger partial charge in [-0.05, 0) is 35.7 Å². The first-order valence-corrected chi connectivity index (χ1v) is 7.07. The third-order valence-corrected chi connectivity index (χ3v) is 4.13. The zero-order chi connectivity index (χ0) is 13.4. The molecule has 0 saturated carbocycles. The van der Waals surface area contributed by atoms with E-state index in [0.717, 1.165) is 22.1 Å². The van der Waals surface area contributed by atoms with Gasteiger partial charge >= 0.3 is 0 Å². The fourth-order valence-electron chi connectivity index (χ4n) is 2.64. The lowest BCUT2D eigenvalue weighted by Crippen LogP contribution is -2.24. The molecule has 0 bridgehead atoms. The van der Waals surface area contributed by atoms with Crippen LogP contribution in [0.1, 0.15) is 17.0 Å². The van der Waals surface area contributed by atoms with Crippen LogP contribution < -0.4 is 4.90 Å². The van der Waals surface area contributed by atoms with Gasteiger partial charge in [0, 0.05) is 17.2 Å². The molecule has 1 aliphatic heterocycles. The number of carbonyl (C=O) groups excluding carboxylic acids is 1. The van der Waals surface area contributed by atoms with Gasteiger partial charge in [-0.25, -0.2) is 0 Å². The van der Waals surface area contributed by atoms with Crippen molar-refractivity contribution in [1.29, 1.82) is 0 Å². The number of hydrogen-bond acceptors (Lipinski definition) is 1. The fraction of sp³-hybridized carbons (Fsp3) is 0.188. The van der Waals surface area contributed by atoms with E-state index in [1.807, 2.05) is 37.4 Å². The van der Waals surface area contributed by atoms with E-state index >= 15 is 0 Å². The second-order valence-corrected chi connectivity index (χ2v) is 5.76. The normalized spacial score (nSPS) is 17.7. The molecule has 0 fully saturated rings. The van der Waals surface area contributed by atoms with Crippen molar-refractivity contribution in [2.45, 2.75) is 12.3 Å². The number of halogens is 1. The van der Waals surface area contributed by atoms with Crippen molar-refractivity contribution in [3.8, 4) is 0 Å². The Morgan fingerprint density at radius 1 is 1.16 bits per heavy atom. The second kappa shape index (κ2) is 4.82. The Hall–Kier alpha value is -1.61. The predicted octanol–water partition coefficient (Wildman–Crippen LogP) is 3.75. The largest absolute Gasteiger partial charge is 0.315 e. The van der Waals surface area contributed by atoms with E-state index in [4.69, 9.17) is 0 Å². The summed E-state index contributed by atoms with van der Waals surface area (Å²) < 4.78 is 1.02. The molecule has 19 heavy (non-hydrogen) atoms. The minimum absolute atomic E-state index is 0.0695. The third-order valence-electron chi connectivity index (χ3n) is 3.64. The monoisotopic (exact) mass is 315 g/mol. The van der Waals surface area contributed by atoms with Gasteiger partial charge in [0.15, 0.2) is 0 Å². The van der Waals surface area contributed by atoms with Gasteiger partial charge in [0.05, 0.1) is 5.92 Å². The standard InChI is InChI=1S/C16H14BrNO/c1-18-15-8-7-12(17)10-13(15)14(16(18)19)9-11-5-3-2-4-6-11/h2-8,10,14H,9H2,1H3/t14-/m1/s1. The Balaban J connectivity index is 1.99. The van der Waals surface area contributed by atoms with Crippen LogP contribution in [0.2, 0.25) is 0 Å². The average Bonchev–Trinajstić information content (AvgIpc) is 2.65. The van der Waals surface area contributed by atoms with Crippen LogP contribution in [0.15, 0.2) is 53.0 Å². The van der Waals surface area contributed by atoms with E-state index in [9.17, 15) is 4.79 Å². The molecule has 0 aliphatic carbocycles. The predicted molar refractivity (Wildman–Crippen MR) is 80.4 cm³/mol. The quantitative estimate of drug-likeness (QED) is 0.826. The summed E-state index contributed by atoms with van der Waals surface area (Å²) in [6, 6.07) is 16.2. The van der Waals surface area contributed by atoms with Gasteiger partial charge in [0.2, 0.25) is 5.91 Å². The van der Waals surface area contributed by atoms with Crippen LogP contribution >= 0.6 is 15.9 Å². The number of amides is 1. The van der Waals surface area contributed by atoms with Gasteiger partial charge in [-0.3, -0.25) is 4.79 Å². The third kappa shape index (κ3) is 2.19. The molecule has 0 radical (unpaired) electrons. The first-order valence-electron chi connectivity index (χ1n) is 6.28. The highest BCUT2D eigenvalue weighted by Crippen LogP contribution is 2.39. The molecular weight excluding hydrogens is 302 g/mol. The number of likely N-dealkylation sites (N-methyl/N-ethyl adjacent to an activating group) is 1. The summed E-state index contributed by atoms with van der Waals surface area (Å²) in [5.41, 5.74) is 3.34. The highest BCUT2D eigenvalue weighted by molar-refractivity contribution is 9.10. The lowest BCUT2D eigenvalue weighted by molar-refractivity contribution is -0.119. The first kappa shape index (κ1) is 12.4. The van der Waals surface area contributed by atoms with Crippen LogP contribution in [0, 0.1) is 0 Å². The van der Waals surface area contributed by atoms with Crippen LogP contribution in [-0.4, -0.2) is 13.0 Å². The Kier molecular flexibility index (Phi) is 3.15. The Bertz CT molecular complexity index is 624. The van der Waals surface area contributed by atoms with Gasteiger partial charge < -0.3 is 4.90 Å². The second-order valence-electron chi connectivity index (χ2n) is 4.84. The molecule has 2 nitrogen and oxygen atoms in total. The summed E-state index contributed by atoms with van der Waals surface area (Å²) in [5.74, 6) is 0.108. The molecule has 0 aromatic heterocycles. The highest BCUT2D eigenvalue weighted by Gasteiger charge is 2.34. The van der Waals surface area contributed by atoms with E-state index in [0.29, 0.717) is 0 Å². The lowest BCUT2D eigenvalue weighted by atomic mass is 9.93. The maximum absolute atomic E-state index is 12.4. The zero-order valence-electron chi connectivity index (χ0n) is 10.6. The van der Waals surface area contributed by atoms with E-state index < -0.39 is 0 Å². The SMILES string of the molecule is CN1C(=O)[C@H](Cc2ccccc2)c2cc(Br)ccc21. The molecule has 96 valence electrons. The number of rotatable bonds is 2. The van der Waals surface area contributed by atoms with Gasteiger partial charge in [-0.1, -0.05) is 46.3 Å². The molecule has 0 N–H and O–H groups in total. The molecule has 3 heteroatoms. The lowest BCUT2D eigenvalue weighted by Gasteiger charge is -2.11. The Morgan fingerprint density at radius 3 is 2.63 bits per heavy atom. The van der Waals surface area contributed by atoms with Crippen molar-refractivity contribution < 1.29 is 4.79 Å². The highest BCUT2D eigenvalue weighted by atomic mass is 79.9. The van der Waals surface area contributed by atoms with Crippen LogP contribution in [0.4, 0.5) is 5.69 Å². The van der Waals surface area contributed by atoms with Crippen LogP contribution in [0.3, 0.4) is 0 Å². The minimum atomic E-state index is -0.0695. The number of carbonyl (C=O) groups is 1. The van der Waals surface area contributed by atoms with Crippen molar-refractivity contribution in [2.75, 3.05) is 11.9 Å². The molecule has 0 spiro atoms. The van der Waals surface area contributed by atoms with Gasteiger partial charge in [-0.2, -0.15) is 0 Å². The fourth-order valence-corrected chi connectivity index (χ4v) is 3.02. The van der Waals surface area contributed by atoms with Crippen molar-refractivity contribution in [3.63, 3.8) is 0 Å². The molecule has 0 unspecified atom stereocenters. The van der Waals surface area contributed by atoms with Crippen LogP contribution in [0.25, 0.3) is 0 Å². The van der Waals surface area contributed by atoms with E-state index in [-0.39, 0.29) is 11.8 Å². The summed E-state index contributed by atoms with van der Waals surface area (Å²) in [7, 11) is 1.85. The average molecular weight is 316 g/mol. The molecule has 1 heterocycles. The smallest absolute Gasteiger partial charge is 0.234 e. The summed E-state index contributed by atoms with van der Waals surface area (Å²) in [4.78, 5) is 14.1. The van der Waals surface area contributed by atoms with Crippen molar-refractivity contribution in [2.24, 2.45) is 0 Å². The molecule has 2 aromatic carbocycles. The molecule has 2 aromatic rings. The zero-order valence-corrected chi connectivity index (χ0v) is 12.2. The molecule has 1 amide bonds. The van der Waals surface area contributed by atoms with E-state index in [1.54, 1.807) is 4.90 Å². The van der Waals surface area contributed by atoms with Gasteiger partial charge in [-0.15, -0.1) is 0 Å². The van der Waals surface area contributed by atoms with Crippen LogP contribution in [-0.2, 0) is 11.2 Å². The minimum Gasteiger partial charge on any atom is -0.315 e. The molecule has 0 saturated heterocycles. The van der Waals surface area contributed by atoms with Crippen molar-refractivity contribution in [1.82, 2.24) is 0 Å². The van der Waals surface area contributed by atoms with E-state index in [2.05, 4.69) is 34.1 Å². The molecule has 1 atom stereocenters. The number of fused-ring (bicyclic) bond motifs is 1. The van der Waals surface area contributed by atoms with Crippen LogP contribution in [0.5, 0.6) is 0 Å². The van der Waals surface area contributed by atoms with Gasteiger partial charge in [0.1, 0.15) is 0 Å². The summed E-state index contributed by atoms with van der Waals surface area (Å²) >= 11 is 3.49. The Morgan fingerprint density at radius 2 is 1.89 bits per heavy atom. The van der Waals surface area contributed by atoms with E-state index in [1.165, 1.54) is 5.56 Å². The maximum Gasteiger partial charge on any atom is 0.234 e. The first-order chi connectivity index (χ1) is 9.16.